The number of nitriles is 1. The monoisotopic (exact) mass is 410 g/mol. The molecule has 0 saturated heterocycles. The van der Waals surface area contributed by atoms with Gasteiger partial charge in [-0.15, -0.1) is 0 Å². The summed E-state index contributed by atoms with van der Waals surface area (Å²) in [5.41, 5.74) is 1.41. The summed E-state index contributed by atoms with van der Waals surface area (Å²) in [7, 11) is 0. The molecular formula is C23H26N2O5. The van der Waals surface area contributed by atoms with E-state index in [1.165, 1.54) is 0 Å². The van der Waals surface area contributed by atoms with Crippen LogP contribution in [0.5, 0.6) is 23.0 Å². The van der Waals surface area contributed by atoms with E-state index in [0.29, 0.717) is 48.4 Å². The minimum Gasteiger partial charge on any atom is -0.490 e. The Morgan fingerprint density at radius 2 is 1.87 bits per heavy atom. The molecule has 1 aliphatic rings. The number of carbonyl (C=O) groups excluding carboxylic acids is 1. The lowest BCUT2D eigenvalue weighted by atomic mass is 9.95. The van der Waals surface area contributed by atoms with Crippen LogP contribution in [0.15, 0.2) is 36.4 Å². The molecule has 0 fully saturated rings. The molecule has 158 valence electrons. The smallest absolute Gasteiger partial charge is 0.258 e. The first-order valence-corrected chi connectivity index (χ1v) is 10.0. The van der Waals surface area contributed by atoms with Crippen LogP contribution in [0.3, 0.4) is 0 Å². The van der Waals surface area contributed by atoms with Gasteiger partial charge in [0.15, 0.2) is 29.6 Å². The highest BCUT2D eigenvalue weighted by Gasteiger charge is 2.22. The summed E-state index contributed by atoms with van der Waals surface area (Å²) < 4.78 is 22.4. The Hall–Kier alpha value is -3.40. The molecule has 0 saturated carbocycles. The van der Waals surface area contributed by atoms with Crippen LogP contribution < -0.4 is 24.3 Å². The van der Waals surface area contributed by atoms with Crippen molar-refractivity contribution in [2.24, 2.45) is 5.92 Å². The lowest BCUT2D eigenvalue weighted by Gasteiger charge is -2.25. The number of rotatable bonds is 8. The molecule has 1 atom stereocenters. The number of benzene rings is 2. The van der Waals surface area contributed by atoms with Crippen LogP contribution in [0.1, 0.15) is 37.9 Å². The van der Waals surface area contributed by atoms with E-state index in [-0.39, 0.29) is 24.5 Å². The molecule has 0 radical (unpaired) electrons. The van der Waals surface area contributed by atoms with E-state index in [2.05, 4.69) is 11.4 Å². The van der Waals surface area contributed by atoms with Crippen LogP contribution in [0.2, 0.25) is 0 Å². The van der Waals surface area contributed by atoms with Crippen molar-refractivity contribution in [3.63, 3.8) is 0 Å². The second-order valence-electron chi connectivity index (χ2n) is 7.19. The number of fused-ring (bicyclic) bond motifs is 1. The van der Waals surface area contributed by atoms with E-state index in [0.717, 1.165) is 5.56 Å². The highest BCUT2D eigenvalue weighted by Crippen LogP contribution is 2.34. The van der Waals surface area contributed by atoms with Crippen LogP contribution in [-0.4, -0.2) is 32.3 Å². The highest BCUT2D eigenvalue weighted by molar-refractivity contribution is 5.78. The Morgan fingerprint density at radius 3 is 2.57 bits per heavy atom. The number of nitrogens with zero attached hydrogens (tertiary/aromatic N) is 1. The van der Waals surface area contributed by atoms with E-state index < -0.39 is 0 Å². The van der Waals surface area contributed by atoms with Crippen LogP contribution in [0.4, 0.5) is 0 Å². The molecule has 0 aliphatic carbocycles. The van der Waals surface area contributed by atoms with Gasteiger partial charge in [-0.25, -0.2) is 0 Å². The van der Waals surface area contributed by atoms with E-state index in [1.54, 1.807) is 18.2 Å². The fourth-order valence-corrected chi connectivity index (χ4v) is 3.21. The third-order valence-electron chi connectivity index (χ3n) is 4.64. The molecule has 1 heterocycles. The van der Waals surface area contributed by atoms with Crippen molar-refractivity contribution in [2.75, 3.05) is 26.4 Å². The summed E-state index contributed by atoms with van der Waals surface area (Å²) >= 11 is 0. The highest BCUT2D eigenvalue weighted by atomic mass is 16.6. The first kappa shape index (κ1) is 21.3. The van der Waals surface area contributed by atoms with Crippen molar-refractivity contribution >= 4 is 5.91 Å². The molecular weight excluding hydrogens is 384 g/mol. The standard InChI is InChI=1S/C23H26N2O5/c1-4-27-20-11-16(13-24)5-7-19(20)30-14-22(26)25-23(15(2)3)17-6-8-18-21(12-17)29-10-9-28-18/h5-8,11-12,15,23H,4,9-10,14H2,1-3H3,(H,25,26). The molecule has 0 bridgehead atoms. The average Bonchev–Trinajstić information content (AvgIpc) is 2.76. The molecule has 2 aromatic rings. The molecule has 30 heavy (non-hydrogen) atoms. The van der Waals surface area contributed by atoms with Gasteiger partial charge < -0.3 is 24.3 Å². The van der Waals surface area contributed by atoms with E-state index in [4.69, 9.17) is 24.2 Å². The molecule has 1 N–H and O–H groups in total. The maximum atomic E-state index is 12.6. The van der Waals surface area contributed by atoms with Gasteiger partial charge in [-0.3, -0.25) is 4.79 Å². The minimum atomic E-state index is -0.254. The zero-order valence-corrected chi connectivity index (χ0v) is 17.4. The maximum absolute atomic E-state index is 12.6. The van der Waals surface area contributed by atoms with Crippen molar-refractivity contribution in [2.45, 2.75) is 26.8 Å². The van der Waals surface area contributed by atoms with Crippen LogP contribution in [0, 0.1) is 17.2 Å². The van der Waals surface area contributed by atoms with Gasteiger partial charge >= 0.3 is 0 Å². The molecule has 1 aliphatic heterocycles. The van der Waals surface area contributed by atoms with Gasteiger partial charge in [-0.05, 0) is 42.7 Å². The Bertz CT molecular complexity index is 936. The number of hydrogen-bond donors (Lipinski definition) is 1. The van der Waals surface area contributed by atoms with Gasteiger partial charge in [0.25, 0.3) is 5.91 Å². The number of amides is 1. The number of hydrogen-bond acceptors (Lipinski definition) is 6. The van der Waals surface area contributed by atoms with E-state index >= 15 is 0 Å². The summed E-state index contributed by atoms with van der Waals surface area (Å²) in [6.45, 7) is 7.22. The third kappa shape index (κ3) is 5.15. The second kappa shape index (κ2) is 9.88. The van der Waals surface area contributed by atoms with Crippen molar-refractivity contribution in [3.05, 3.63) is 47.5 Å². The second-order valence-corrected chi connectivity index (χ2v) is 7.19. The lowest BCUT2D eigenvalue weighted by Crippen LogP contribution is -2.35. The normalized spacial score (nSPS) is 13.3. The van der Waals surface area contributed by atoms with Crippen LogP contribution in [-0.2, 0) is 4.79 Å². The summed E-state index contributed by atoms with van der Waals surface area (Å²) in [5.74, 6) is 2.17. The SMILES string of the molecule is CCOc1cc(C#N)ccc1OCC(=O)NC(c1ccc2c(c1)OCCO2)C(C)C. The van der Waals surface area contributed by atoms with Crippen LogP contribution in [0.25, 0.3) is 0 Å². The molecule has 0 aromatic heterocycles. The van der Waals surface area contributed by atoms with Crippen LogP contribution >= 0.6 is 0 Å². The van der Waals surface area contributed by atoms with E-state index in [9.17, 15) is 4.79 Å². The Kier molecular flexibility index (Phi) is 7.02. The number of nitrogens with one attached hydrogen (secondary N) is 1. The summed E-state index contributed by atoms with van der Waals surface area (Å²) in [4.78, 5) is 12.6. The predicted octanol–water partition coefficient (Wildman–Crippen LogP) is 3.62. The lowest BCUT2D eigenvalue weighted by molar-refractivity contribution is -0.124. The Morgan fingerprint density at radius 1 is 1.10 bits per heavy atom. The maximum Gasteiger partial charge on any atom is 0.258 e. The average molecular weight is 410 g/mol. The fourth-order valence-electron chi connectivity index (χ4n) is 3.21. The van der Waals surface area contributed by atoms with Crippen molar-refractivity contribution < 1.29 is 23.7 Å². The predicted molar refractivity (Wildman–Crippen MR) is 111 cm³/mol. The third-order valence-corrected chi connectivity index (χ3v) is 4.64. The summed E-state index contributed by atoms with van der Waals surface area (Å²) in [6, 6.07) is 12.4. The Labute approximate surface area is 176 Å². The van der Waals surface area contributed by atoms with Gasteiger partial charge in [0.05, 0.1) is 24.3 Å². The van der Waals surface area contributed by atoms with Gasteiger partial charge in [0.1, 0.15) is 13.2 Å². The summed E-state index contributed by atoms with van der Waals surface area (Å²) in [5, 5.41) is 12.1. The quantitative estimate of drug-likeness (QED) is 0.715. The molecule has 7 nitrogen and oxygen atoms in total. The first-order chi connectivity index (χ1) is 14.5. The van der Waals surface area contributed by atoms with Gasteiger partial charge in [-0.2, -0.15) is 5.26 Å². The van der Waals surface area contributed by atoms with E-state index in [1.807, 2.05) is 39.0 Å². The molecule has 3 rings (SSSR count). The van der Waals surface area contributed by atoms with Gasteiger partial charge in [-0.1, -0.05) is 19.9 Å². The fraction of sp³-hybridized carbons (Fsp3) is 0.391. The molecule has 1 unspecified atom stereocenters. The van der Waals surface area contributed by atoms with Crippen molar-refractivity contribution in [3.8, 4) is 29.1 Å². The topological polar surface area (TPSA) is 89.8 Å². The largest absolute Gasteiger partial charge is 0.490 e. The van der Waals surface area contributed by atoms with Crippen molar-refractivity contribution in [1.29, 1.82) is 5.26 Å². The zero-order chi connectivity index (χ0) is 21.5. The molecule has 1 amide bonds. The number of carbonyl (C=O) groups is 1. The number of ether oxygens (including phenoxy) is 4. The van der Waals surface area contributed by atoms with Gasteiger partial charge in [0.2, 0.25) is 0 Å². The summed E-state index contributed by atoms with van der Waals surface area (Å²) in [6.07, 6.45) is 0. The minimum absolute atomic E-state index is 0.158. The van der Waals surface area contributed by atoms with Crippen molar-refractivity contribution in [1.82, 2.24) is 5.32 Å². The first-order valence-electron chi connectivity index (χ1n) is 10.0. The zero-order valence-electron chi connectivity index (χ0n) is 17.4. The molecule has 2 aromatic carbocycles. The van der Waals surface area contributed by atoms with Gasteiger partial charge in [0, 0.05) is 6.07 Å². The Balaban J connectivity index is 1.67. The molecule has 0 spiro atoms. The molecule has 7 heteroatoms.